The maximum absolute atomic E-state index is 10.9. The third-order valence-electron chi connectivity index (χ3n) is 3.07. The first-order valence-electron chi connectivity index (χ1n) is 7.79. The van der Waals surface area contributed by atoms with Crippen molar-refractivity contribution in [2.45, 2.75) is 59.3 Å². The van der Waals surface area contributed by atoms with Crippen LogP contribution in [0, 0.1) is 0 Å². The van der Waals surface area contributed by atoms with Gasteiger partial charge in [0.1, 0.15) is 0 Å². The van der Waals surface area contributed by atoms with E-state index in [9.17, 15) is 14.4 Å². The first-order chi connectivity index (χ1) is 10.0. The Balaban J connectivity index is 0.000000377. The summed E-state index contributed by atoms with van der Waals surface area (Å²) in [6.07, 6.45) is 4.69. The molecule has 0 aromatic heterocycles. The first-order valence-corrected chi connectivity index (χ1v) is 7.79. The van der Waals surface area contributed by atoms with Crippen molar-refractivity contribution in [3.05, 3.63) is 0 Å². The van der Waals surface area contributed by atoms with Gasteiger partial charge in [0.15, 0.2) is 0 Å². The van der Waals surface area contributed by atoms with E-state index in [0.717, 1.165) is 0 Å². The van der Waals surface area contributed by atoms with Crippen LogP contribution in [0.15, 0.2) is 0 Å². The van der Waals surface area contributed by atoms with Crippen LogP contribution in [-0.2, 0) is 19.2 Å². The lowest BCUT2D eigenvalue weighted by Crippen LogP contribution is -2.31. The number of carbonyl (C=O) groups is 3. The number of hydrogen-bond acceptors (Lipinski definition) is 5. The van der Waals surface area contributed by atoms with Crippen molar-refractivity contribution in [1.82, 2.24) is 9.96 Å². The van der Waals surface area contributed by atoms with E-state index in [1.54, 1.807) is 6.92 Å². The Morgan fingerprint density at radius 2 is 1.52 bits per heavy atom. The molecular weight excluding hydrogens is 272 g/mol. The second kappa shape index (κ2) is 11.3. The van der Waals surface area contributed by atoms with E-state index >= 15 is 0 Å². The second-order valence-electron chi connectivity index (χ2n) is 4.76. The highest BCUT2D eigenvalue weighted by atomic mass is 16.7. The monoisotopic (exact) mass is 300 g/mol. The molecular formula is C15H28N2O4. The maximum atomic E-state index is 10.9. The summed E-state index contributed by atoms with van der Waals surface area (Å²) in [5.74, 6) is -1.46. The molecule has 0 atom stereocenters. The zero-order valence-corrected chi connectivity index (χ0v) is 13.7. The Hall–Kier alpha value is -1.43. The number of amides is 2. The van der Waals surface area contributed by atoms with Crippen molar-refractivity contribution >= 4 is 17.8 Å². The molecule has 0 bridgehead atoms. The molecule has 0 aromatic rings. The maximum Gasteiger partial charge on any atom is 0.332 e. The molecule has 2 saturated heterocycles. The number of carbonyl (C=O) groups excluding carboxylic acids is 3. The van der Waals surface area contributed by atoms with Crippen LogP contribution in [0.3, 0.4) is 0 Å². The van der Waals surface area contributed by atoms with Crippen molar-refractivity contribution in [1.29, 1.82) is 0 Å². The fraction of sp³-hybridized carbons (Fsp3) is 0.800. The van der Waals surface area contributed by atoms with E-state index in [4.69, 9.17) is 0 Å². The van der Waals surface area contributed by atoms with Crippen LogP contribution in [0.4, 0.5) is 0 Å². The van der Waals surface area contributed by atoms with Crippen LogP contribution in [0.2, 0.25) is 0 Å². The summed E-state index contributed by atoms with van der Waals surface area (Å²) in [4.78, 5) is 39.3. The van der Waals surface area contributed by atoms with E-state index in [2.05, 4.69) is 16.8 Å². The van der Waals surface area contributed by atoms with Crippen LogP contribution in [0.25, 0.3) is 0 Å². The Morgan fingerprint density at radius 3 is 1.86 bits per heavy atom. The molecule has 0 spiro atoms. The van der Waals surface area contributed by atoms with Crippen LogP contribution < -0.4 is 0 Å². The molecule has 6 nitrogen and oxygen atoms in total. The molecule has 2 amide bonds. The number of imide groups is 1. The summed E-state index contributed by atoms with van der Waals surface area (Å²) >= 11 is 0. The van der Waals surface area contributed by atoms with E-state index in [1.165, 1.54) is 32.4 Å². The summed E-state index contributed by atoms with van der Waals surface area (Å²) in [6, 6.07) is 0. The van der Waals surface area contributed by atoms with Crippen molar-refractivity contribution in [3.8, 4) is 0 Å². The largest absolute Gasteiger partial charge is 0.332 e. The van der Waals surface area contributed by atoms with Gasteiger partial charge in [0.2, 0.25) is 0 Å². The Morgan fingerprint density at radius 1 is 1.05 bits per heavy atom. The van der Waals surface area contributed by atoms with Gasteiger partial charge in [-0.2, -0.15) is 0 Å². The number of rotatable bonds is 2. The van der Waals surface area contributed by atoms with E-state index in [-0.39, 0.29) is 19.3 Å². The average molecular weight is 300 g/mol. The van der Waals surface area contributed by atoms with Crippen molar-refractivity contribution in [2.24, 2.45) is 0 Å². The average Bonchev–Trinajstić information content (AvgIpc) is 2.82. The molecule has 0 aliphatic carbocycles. The highest BCUT2D eigenvalue weighted by Crippen LogP contribution is 2.12. The van der Waals surface area contributed by atoms with Crippen LogP contribution in [0.5, 0.6) is 0 Å². The SMILES string of the molecule is CC.CCC(=O)ON1C(=O)CCC1=O.CN1CCCCC1. The number of nitrogens with zero attached hydrogens (tertiary/aromatic N) is 2. The van der Waals surface area contributed by atoms with Crippen molar-refractivity contribution in [3.63, 3.8) is 0 Å². The van der Waals surface area contributed by atoms with Gasteiger partial charge in [-0.3, -0.25) is 9.59 Å². The molecule has 6 heteroatoms. The van der Waals surface area contributed by atoms with Gasteiger partial charge in [-0.15, -0.1) is 5.06 Å². The summed E-state index contributed by atoms with van der Waals surface area (Å²) in [5.41, 5.74) is 0. The highest BCUT2D eigenvalue weighted by Gasteiger charge is 2.32. The zero-order valence-electron chi connectivity index (χ0n) is 13.7. The number of likely N-dealkylation sites (tertiary alicyclic amines) is 1. The van der Waals surface area contributed by atoms with Crippen LogP contribution in [0.1, 0.15) is 59.3 Å². The minimum atomic E-state index is -0.571. The summed E-state index contributed by atoms with van der Waals surface area (Å²) in [6.45, 7) is 8.23. The minimum Gasteiger partial charge on any atom is -0.330 e. The number of hydroxylamine groups is 2. The molecule has 0 radical (unpaired) electrons. The smallest absolute Gasteiger partial charge is 0.330 e. The number of hydrogen-bond donors (Lipinski definition) is 0. The van der Waals surface area contributed by atoms with Gasteiger partial charge in [0, 0.05) is 19.3 Å². The van der Waals surface area contributed by atoms with E-state index in [0.29, 0.717) is 5.06 Å². The first kappa shape index (κ1) is 19.6. The van der Waals surface area contributed by atoms with Gasteiger partial charge >= 0.3 is 5.97 Å². The fourth-order valence-corrected chi connectivity index (χ4v) is 1.88. The summed E-state index contributed by atoms with van der Waals surface area (Å²) in [5, 5.41) is 0.547. The van der Waals surface area contributed by atoms with Crippen molar-refractivity contribution < 1.29 is 19.2 Å². The molecule has 0 aromatic carbocycles. The molecule has 0 N–H and O–H groups in total. The lowest BCUT2D eigenvalue weighted by molar-refractivity contribution is -0.197. The highest BCUT2D eigenvalue weighted by molar-refractivity contribution is 6.01. The van der Waals surface area contributed by atoms with E-state index < -0.39 is 17.8 Å². The molecule has 21 heavy (non-hydrogen) atoms. The number of piperidine rings is 1. The molecule has 122 valence electrons. The van der Waals surface area contributed by atoms with Gasteiger partial charge in [-0.05, 0) is 33.0 Å². The predicted molar refractivity (Wildman–Crippen MR) is 80.2 cm³/mol. The fourth-order valence-electron chi connectivity index (χ4n) is 1.88. The Kier molecular flexibility index (Phi) is 10.5. The van der Waals surface area contributed by atoms with Gasteiger partial charge in [-0.25, -0.2) is 4.79 Å². The molecule has 2 fully saturated rings. The van der Waals surface area contributed by atoms with Gasteiger partial charge in [-0.1, -0.05) is 27.2 Å². The van der Waals surface area contributed by atoms with Crippen LogP contribution in [-0.4, -0.2) is 47.9 Å². The van der Waals surface area contributed by atoms with Gasteiger partial charge < -0.3 is 9.74 Å². The third kappa shape index (κ3) is 7.80. The summed E-state index contributed by atoms with van der Waals surface area (Å²) in [7, 11) is 2.19. The standard InChI is InChI=1S/C7H9NO4.C6H13N.C2H6/c1-2-7(11)12-8-5(9)3-4-6(8)10;1-7-5-3-2-4-6-7;1-2/h2-4H2,1H3;2-6H2,1H3;1-2H3. The Bertz CT molecular complexity index is 323. The quantitative estimate of drug-likeness (QED) is 0.731. The van der Waals surface area contributed by atoms with Crippen molar-refractivity contribution in [2.75, 3.05) is 20.1 Å². The minimum absolute atomic E-state index is 0.135. The van der Waals surface area contributed by atoms with Gasteiger partial charge in [0.25, 0.3) is 11.8 Å². The van der Waals surface area contributed by atoms with Crippen LogP contribution >= 0.6 is 0 Å². The molecule has 2 aliphatic rings. The second-order valence-corrected chi connectivity index (χ2v) is 4.76. The normalized spacial score (nSPS) is 18.4. The zero-order chi connectivity index (χ0) is 16.3. The molecule has 0 unspecified atom stereocenters. The van der Waals surface area contributed by atoms with Gasteiger partial charge in [0.05, 0.1) is 0 Å². The molecule has 2 heterocycles. The Labute approximate surface area is 127 Å². The topological polar surface area (TPSA) is 66.9 Å². The van der Waals surface area contributed by atoms with E-state index in [1.807, 2.05) is 13.8 Å². The molecule has 0 saturated carbocycles. The predicted octanol–water partition coefficient (Wildman–Crippen LogP) is 2.13. The summed E-state index contributed by atoms with van der Waals surface area (Å²) < 4.78 is 0. The molecule has 2 aliphatic heterocycles. The lowest BCUT2D eigenvalue weighted by atomic mass is 10.1. The third-order valence-corrected chi connectivity index (χ3v) is 3.07. The molecule has 2 rings (SSSR count). The lowest BCUT2D eigenvalue weighted by Gasteiger charge is -2.20.